The molecule has 0 heterocycles. The summed E-state index contributed by atoms with van der Waals surface area (Å²) < 4.78 is 0. The van der Waals surface area contributed by atoms with Crippen LogP contribution in [0.1, 0.15) is 57.8 Å². The summed E-state index contributed by atoms with van der Waals surface area (Å²) in [6, 6.07) is 0. The van der Waals surface area contributed by atoms with E-state index in [-0.39, 0.29) is 0 Å². The van der Waals surface area contributed by atoms with Crippen LogP contribution in [0, 0.1) is 29.6 Å². The predicted octanol–water partition coefficient (Wildman–Crippen LogP) is 4.13. The summed E-state index contributed by atoms with van der Waals surface area (Å²) >= 11 is 0. The van der Waals surface area contributed by atoms with Gasteiger partial charge in [-0.15, -0.1) is 0 Å². The predicted molar refractivity (Wildman–Crippen MR) is 72.1 cm³/mol. The lowest BCUT2D eigenvalue weighted by atomic mass is 9.58. The van der Waals surface area contributed by atoms with Gasteiger partial charge >= 0.3 is 0 Å². The van der Waals surface area contributed by atoms with Gasteiger partial charge in [0.05, 0.1) is 0 Å². The van der Waals surface area contributed by atoms with Gasteiger partial charge in [-0.25, -0.2) is 0 Å². The zero-order valence-corrected chi connectivity index (χ0v) is 11.2. The third-order valence-corrected chi connectivity index (χ3v) is 6.39. The lowest BCUT2D eigenvalue weighted by Crippen LogP contribution is -2.38. The monoisotopic (exact) mass is 244 g/mol. The normalized spacial score (nSPS) is 47.0. The molecule has 18 heavy (non-hydrogen) atoms. The van der Waals surface area contributed by atoms with Crippen molar-refractivity contribution in [1.29, 1.82) is 0 Å². The molecule has 98 valence electrons. The molecule has 5 atom stereocenters. The van der Waals surface area contributed by atoms with Gasteiger partial charge in [0.25, 0.3) is 0 Å². The van der Waals surface area contributed by atoms with Gasteiger partial charge < -0.3 is 0 Å². The zero-order chi connectivity index (χ0) is 12.1. The summed E-state index contributed by atoms with van der Waals surface area (Å²) in [4.78, 5) is 11.6. The molecule has 0 bridgehead atoms. The fraction of sp³-hybridized carbons (Fsp3) is 0.824. The number of carbonyl (C=O) groups excluding carboxylic acids is 1. The number of rotatable bonds is 0. The molecule has 0 radical (unpaired) electrons. The maximum absolute atomic E-state index is 11.6. The Morgan fingerprint density at radius 3 is 2.83 bits per heavy atom. The highest BCUT2D eigenvalue weighted by Crippen LogP contribution is 2.55. The minimum Gasteiger partial charge on any atom is -0.300 e. The fourth-order valence-electron chi connectivity index (χ4n) is 5.61. The number of ketones is 1. The van der Waals surface area contributed by atoms with Gasteiger partial charge in [0.15, 0.2) is 0 Å². The highest BCUT2D eigenvalue weighted by molar-refractivity contribution is 5.79. The van der Waals surface area contributed by atoms with Crippen molar-refractivity contribution in [3.8, 4) is 0 Å². The van der Waals surface area contributed by atoms with Gasteiger partial charge in [0, 0.05) is 12.8 Å². The van der Waals surface area contributed by atoms with E-state index in [4.69, 9.17) is 0 Å². The molecule has 0 aromatic rings. The van der Waals surface area contributed by atoms with E-state index in [0.717, 1.165) is 36.5 Å². The molecule has 1 nitrogen and oxygen atoms in total. The summed E-state index contributed by atoms with van der Waals surface area (Å²) in [5.41, 5.74) is 1.81. The van der Waals surface area contributed by atoms with Crippen LogP contribution >= 0.6 is 0 Å². The number of fused-ring (bicyclic) bond motifs is 5. The Morgan fingerprint density at radius 2 is 1.89 bits per heavy atom. The minimum absolute atomic E-state index is 0.532. The third-order valence-electron chi connectivity index (χ3n) is 6.39. The van der Waals surface area contributed by atoms with Crippen molar-refractivity contribution < 1.29 is 4.79 Å². The molecule has 0 saturated heterocycles. The molecular formula is C17H24O. The molecule has 4 aliphatic carbocycles. The first-order chi connectivity index (χ1) is 8.83. The van der Waals surface area contributed by atoms with Crippen LogP contribution in [-0.2, 0) is 4.79 Å². The quantitative estimate of drug-likeness (QED) is 0.586. The van der Waals surface area contributed by atoms with Crippen LogP contribution in [0.4, 0.5) is 0 Å². The second-order valence-electron chi connectivity index (χ2n) is 7.13. The molecule has 1 unspecified atom stereocenters. The topological polar surface area (TPSA) is 17.1 Å². The summed E-state index contributed by atoms with van der Waals surface area (Å²) in [6.45, 7) is 0. The minimum atomic E-state index is 0.532. The van der Waals surface area contributed by atoms with Crippen molar-refractivity contribution in [3.05, 3.63) is 11.6 Å². The average Bonchev–Trinajstić information content (AvgIpc) is 2.86. The van der Waals surface area contributed by atoms with Gasteiger partial charge in [-0.1, -0.05) is 18.1 Å². The number of hydrogen-bond acceptors (Lipinski definition) is 1. The molecule has 0 N–H and O–H groups in total. The molecule has 1 heteroatoms. The molecule has 3 fully saturated rings. The molecule has 4 aliphatic rings. The van der Waals surface area contributed by atoms with Crippen LogP contribution in [0.5, 0.6) is 0 Å². The maximum Gasteiger partial charge on any atom is 0.133 e. The number of carbonyl (C=O) groups is 1. The standard InChI is InChI=1S/C17H24O/c18-13-6-9-15-12(10-13)5-8-16-14-3-1-2-11(14)4-7-17(15)16/h7,11-12,14-16H,1-6,8-10H2/t11-,12?,14+,15-,16-/m0/s1. The molecular weight excluding hydrogens is 220 g/mol. The molecule has 0 aromatic carbocycles. The van der Waals surface area contributed by atoms with Crippen molar-refractivity contribution in [3.63, 3.8) is 0 Å². The average molecular weight is 244 g/mol. The van der Waals surface area contributed by atoms with Crippen LogP contribution in [0.3, 0.4) is 0 Å². The van der Waals surface area contributed by atoms with E-state index in [1.807, 2.05) is 5.57 Å². The van der Waals surface area contributed by atoms with Crippen molar-refractivity contribution in [1.82, 2.24) is 0 Å². The van der Waals surface area contributed by atoms with Crippen molar-refractivity contribution in [2.75, 3.05) is 0 Å². The molecule has 0 aliphatic heterocycles. The Morgan fingerprint density at radius 1 is 0.944 bits per heavy atom. The summed E-state index contributed by atoms with van der Waals surface area (Å²) in [6.07, 6.45) is 14.1. The van der Waals surface area contributed by atoms with Crippen molar-refractivity contribution >= 4 is 5.78 Å². The maximum atomic E-state index is 11.6. The van der Waals surface area contributed by atoms with Crippen LogP contribution in [0.15, 0.2) is 11.6 Å². The van der Waals surface area contributed by atoms with Crippen LogP contribution in [0.25, 0.3) is 0 Å². The van der Waals surface area contributed by atoms with Crippen molar-refractivity contribution in [2.24, 2.45) is 29.6 Å². The molecule has 0 aromatic heterocycles. The number of Topliss-reactive ketones (excluding diaryl/α,β-unsaturated/α-hetero) is 1. The van der Waals surface area contributed by atoms with Gasteiger partial charge in [0.1, 0.15) is 5.78 Å². The smallest absolute Gasteiger partial charge is 0.133 e. The summed E-state index contributed by atoms with van der Waals surface area (Å²) in [5, 5.41) is 0. The lowest BCUT2D eigenvalue weighted by molar-refractivity contribution is -0.122. The van der Waals surface area contributed by atoms with E-state index >= 15 is 0 Å². The van der Waals surface area contributed by atoms with Crippen LogP contribution < -0.4 is 0 Å². The van der Waals surface area contributed by atoms with E-state index < -0.39 is 0 Å². The Kier molecular flexibility index (Phi) is 2.63. The number of allylic oxidation sites excluding steroid dienone is 2. The van der Waals surface area contributed by atoms with Gasteiger partial charge in [-0.3, -0.25) is 4.79 Å². The largest absolute Gasteiger partial charge is 0.300 e. The summed E-state index contributed by atoms with van der Waals surface area (Å²) in [7, 11) is 0. The first-order valence-corrected chi connectivity index (χ1v) is 8.04. The van der Waals surface area contributed by atoms with E-state index in [1.54, 1.807) is 0 Å². The fourth-order valence-corrected chi connectivity index (χ4v) is 5.61. The highest BCUT2D eigenvalue weighted by Gasteiger charge is 2.45. The molecule has 0 amide bonds. The van der Waals surface area contributed by atoms with E-state index in [1.165, 1.54) is 44.9 Å². The first-order valence-electron chi connectivity index (χ1n) is 8.04. The number of hydrogen-bond donors (Lipinski definition) is 0. The Balaban J connectivity index is 1.61. The second kappa shape index (κ2) is 4.21. The second-order valence-corrected chi connectivity index (χ2v) is 7.13. The Labute approximate surface area is 110 Å². The Hall–Kier alpha value is -0.590. The third kappa shape index (κ3) is 1.62. The highest BCUT2D eigenvalue weighted by atomic mass is 16.1. The molecule has 0 spiro atoms. The van der Waals surface area contributed by atoms with Crippen LogP contribution in [-0.4, -0.2) is 5.78 Å². The van der Waals surface area contributed by atoms with Crippen molar-refractivity contribution in [2.45, 2.75) is 57.8 Å². The lowest BCUT2D eigenvalue weighted by Gasteiger charge is -2.46. The zero-order valence-electron chi connectivity index (χ0n) is 11.2. The van der Waals surface area contributed by atoms with Crippen LogP contribution in [0.2, 0.25) is 0 Å². The van der Waals surface area contributed by atoms with Gasteiger partial charge in [-0.2, -0.15) is 0 Å². The van der Waals surface area contributed by atoms with Gasteiger partial charge in [0.2, 0.25) is 0 Å². The first kappa shape index (κ1) is 11.3. The molecule has 3 saturated carbocycles. The Bertz CT molecular complexity index is 394. The molecule has 4 rings (SSSR count). The van der Waals surface area contributed by atoms with E-state index in [9.17, 15) is 4.79 Å². The van der Waals surface area contributed by atoms with E-state index in [2.05, 4.69) is 6.08 Å². The summed E-state index contributed by atoms with van der Waals surface area (Å²) in [5.74, 6) is 4.99. The van der Waals surface area contributed by atoms with E-state index in [0.29, 0.717) is 11.7 Å². The van der Waals surface area contributed by atoms with Gasteiger partial charge in [-0.05, 0) is 68.1 Å². The SMILES string of the molecule is O=C1CC[C@@H]2C3=CC[C@@H]4CCC[C@H]4[C@@H]3CCC2C1.